The van der Waals surface area contributed by atoms with Gasteiger partial charge in [0.25, 0.3) is 0 Å². The molecule has 0 aromatic carbocycles. The van der Waals surface area contributed by atoms with Gasteiger partial charge in [0.2, 0.25) is 0 Å². The van der Waals surface area contributed by atoms with Crippen LogP contribution in [0.4, 0.5) is 0 Å². The van der Waals surface area contributed by atoms with Crippen LogP contribution in [-0.2, 0) is 9.84 Å². The van der Waals surface area contributed by atoms with Crippen molar-refractivity contribution in [2.75, 3.05) is 13.3 Å². The molecule has 1 N–H and O–H groups in total. The van der Waals surface area contributed by atoms with Crippen LogP contribution in [0.3, 0.4) is 0 Å². The van der Waals surface area contributed by atoms with Crippen LogP contribution in [0, 0.1) is 0 Å². The van der Waals surface area contributed by atoms with Gasteiger partial charge in [-0.05, 0) is 19.9 Å². The van der Waals surface area contributed by atoms with Crippen LogP contribution >= 0.6 is 0 Å². The summed E-state index contributed by atoms with van der Waals surface area (Å²) >= 11 is 0. The van der Waals surface area contributed by atoms with Crippen molar-refractivity contribution in [1.29, 1.82) is 0 Å². The normalized spacial score (nSPS) is 31.2. The van der Waals surface area contributed by atoms with Crippen LogP contribution in [0.5, 0.6) is 0 Å². The van der Waals surface area contributed by atoms with E-state index in [1.807, 2.05) is 7.05 Å². The van der Waals surface area contributed by atoms with Crippen LogP contribution < -0.4 is 5.32 Å². The van der Waals surface area contributed by atoms with E-state index in [-0.39, 0.29) is 11.3 Å². The minimum absolute atomic E-state index is 0.164. The zero-order valence-electron chi connectivity index (χ0n) is 8.41. The van der Waals surface area contributed by atoms with E-state index in [1.165, 1.54) is 12.7 Å². The standard InChI is InChI=1S/C9H19NO2S/c1-10-8-6-4-3-5-7-9(8)13(2,11)12/h8-10H,3-7H2,1-2H3. The Bertz CT molecular complexity index is 248. The number of sulfone groups is 1. The van der Waals surface area contributed by atoms with Crippen molar-refractivity contribution in [3.05, 3.63) is 0 Å². The molecule has 0 aromatic heterocycles. The molecule has 4 heteroatoms. The summed E-state index contributed by atoms with van der Waals surface area (Å²) in [6.07, 6.45) is 6.55. The molecule has 0 heterocycles. The molecule has 0 amide bonds. The van der Waals surface area contributed by atoms with Crippen molar-refractivity contribution in [3.8, 4) is 0 Å². The molecule has 1 fully saturated rings. The third kappa shape index (κ3) is 2.95. The first-order chi connectivity index (χ1) is 6.05. The third-order valence-corrected chi connectivity index (χ3v) is 4.54. The largest absolute Gasteiger partial charge is 0.316 e. The lowest BCUT2D eigenvalue weighted by atomic mass is 10.1. The smallest absolute Gasteiger partial charge is 0.151 e. The van der Waals surface area contributed by atoms with Crippen molar-refractivity contribution < 1.29 is 8.42 Å². The maximum absolute atomic E-state index is 11.5. The van der Waals surface area contributed by atoms with E-state index in [1.54, 1.807) is 0 Å². The summed E-state index contributed by atoms with van der Waals surface area (Å²) in [7, 11) is -1.02. The molecule has 1 aliphatic carbocycles. The van der Waals surface area contributed by atoms with E-state index in [0.717, 1.165) is 25.7 Å². The topological polar surface area (TPSA) is 46.2 Å². The van der Waals surface area contributed by atoms with Crippen molar-refractivity contribution in [1.82, 2.24) is 5.32 Å². The Morgan fingerprint density at radius 2 is 1.77 bits per heavy atom. The molecule has 0 aromatic rings. The Hall–Kier alpha value is -0.0900. The first kappa shape index (κ1) is 11.0. The highest BCUT2D eigenvalue weighted by molar-refractivity contribution is 7.91. The fraction of sp³-hybridized carbons (Fsp3) is 1.00. The average Bonchev–Trinajstić information content (AvgIpc) is 2.26. The molecule has 2 atom stereocenters. The van der Waals surface area contributed by atoms with Crippen molar-refractivity contribution >= 4 is 9.84 Å². The number of rotatable bonds is 2. The zero-order valence-corrected chi connectivity index (χ0v) is 9.23. The molecular formula is C9H19NO2S. The Labute approximate surface area is 80.8 Å². The van der Waals surface area contributed by atoms with Gasteiger partial charge in [-0.1, -0.05) is 19.3 Å². The van der Waals surface area contributed by atoms with Gasteiger partial charge >= 0.3 is 0 Å². The van der Waals surface area contributed by atoms with Gasteiger partial charge in [0, 0.05) is 12.3 Å². The van der Waals surface area contributed by atoms with Gasteiger partial charge in [0.15, 0.2) is 9.84 Å². The Morgan fingerprint density at radius 3 is 2.31 bits per heavy atom. The van der Waals surface area contributed by atoms with E-state index in [2.05, 4.69) is 5.32 Å². The molecule has 0 bridgehead atoms. The highest BCUT2D eigenvalue weighted by Crippen LogP contribution is 2.22. The molecule has 1 saturated carbocycles. The summed E-state index contributed by atoms with van der Waals surface area (Å²) in [6.45, 7) is 0. The van der Waals surface area contributed by atoms with E-state index in [9.17, 15) is 8.42 Å². The summed E-state index contributed by atoms with van der Waals surface area (Å²) in [6, 6.07) is 0.164. The highest BCUT2D eigenvalue weighted by Gasteiger charge is 2.29. The molecule has 0 saturated heterocycles. The average molecular weight is 205 g/mol. The monoisotopic (exact) mass is 205 g/mol. The quantitative estimate of drug-likeness (QED) is 0.683. The van der Waals surface area contributed by atoms with E-state index in [4.69, 9.17) is 0 Å². The molecule has 1 aliphatic rings. The molecule has 13 heavy (non-hydrogen) atoms. The molecule has 3 nitrogen and oxygen atoms in total. The molecule has 1 rings (SSSR count). The van der Waals surface area contributed by atoms with Gasteiger partial charge in [0.1, 0.15) is 0 Å². The zero-order chi connectivity index (χ0) is 9.90. The minimum atomic E-state index is -2.87. The maximum Gasteiger partial charge on any atom is 0.151 e. The number of hydrogen-bond acceptors (Lipinski definition) is 3. The highest BCUT2D eigenvalue weighted by atomic mass is 32.2. The molecule has 0 radical (unpaired) electrons. The van der Waals surface area contributed by atoms with Gasteiger partial charge in [-0.3, -0.25) is 0 Å². The molecule has 0 spiro atoms. The predicted octanol–water partition coefficient (Wildman–Crippen LogP) is 0.952. The lowest BCUT2D eigenvalue weighted by molar-refractivity contribution is 0.483. The SMILES string of the molecule is CNC1CCCCCC1S(C)(=O)=O. The van der Waals surface area contributed by atoms with Crippen molar-refractivity contribution in [2.24, 2.45) is 0 Å². The predicted molar refractivity (Wildman–Crippen MR) is 54.6 cm³/mol. The lowest BCUT2D eigenvalue weighted by Gasteiger charge is -2.22. The van der Waals surface area contributed by atoms with E-state index in [0.29, 0.717) is 0 Å². The van der Waals surface area contributed by atoms with Crippen LogP contribution in [0.15, 0.2) is 0 Å². The third-order valence-electron chi connectivity index (χ3n) is 2.87. The van der Waals surface area contributed by atoms with Gasteiger partial charge in [-0.25, -0.2) is 8.42 Å². The molecule has 2 unspecified atom stereocenters. The van der Waals surface area contributed by atoms with Gasteiger partial charge in [-0.15, -0.1) is 0 Å². The van der Waals surface area contributed by atoms with Crippen LogP contribution in [0.2, 0.25) is 0 Å². The Balaban J connectivity index is 2.77. The molecular weight excluding hydrogens is 186 g/mol. The maximum atomic E-state index is 11.5. The first-order valence-electron chi connectivity index (χ1n) is 4.92. The second-order valence-electron chi connectivity index (χ2n) is 3.90. The van der Waals surface area contributed by atoms with Crippen molar-refractivity contribution in [3.63, 3.8) is 0 Å². The molecule has 0 aliphatic heterocycles. The number of hydrogen-bond donors (Lipinski definition) is 1. The summed E-state index contributed by atoms with van der Waals surface area (Å²) in [4.78, 5) is 0. The number of nitrogens with one attached hydrogen (secondary N) is 1. The van der Waals surface area contributed by atoms with Crippen LogP contribution in [-0.4, -0.2) is 33.0 Å². The summed E-state index contributed by atoms with van der Waals surface area (Å²) in [5.74, 6) is 0. The lowest BCUT2D eigenvalue weighted by Crippen LogP contribution is -2.41. The van der Waals surface area contributed by atoms with Crippen LogP contribution in [0.25, 0.3) is 0 Å². The minimum Gasteiger partial charge on any atom is -0.316 e. The Morgan fingerprint density at radius 1 is 1.15 bits per heavy atom. The van der Waals surface area contributed by atoms with Gasteiger partial charge < -0.3 is 5.32 Å². The first-order valence-corrected chi connectivity index (χ1v) is 6.87. The second-order valence-corrected chi connectivity index (χ2v) is 6.17. The van der Waals surface area contributed by atoms with Crippen LogP contribution in [0.1, 0.15) is 32.1 Å². The fourth-order valence-corrected chi connectivity index (χ4v) is 3.58. The van der Waals surface area contributed by atoms with E-state index < -0.39 is 9.84 Å². The second kappa shape index (κ2) is 4.42. The summed E-state index contributed by atoms with van der Waals surface area (Å²) in [5.41, 5.74) is 0. The Kier molecular flexibility index (Phi) is 3.74. The van der Waals surface area contributed by atoms with Gasteiger partial charge in [-0.2, -0.15) is 0 Å². The van der Waals surface area contributed by atoms with E-state index >= 15 is 0 Å². The summed E-state index contributed by atoms with van der Waals surface area (Å²) in [5, 5.41) is 2.95. The molecule has 78 valence electrons. The van der Waals surface area contributed by atoms with Crippen molar-refractivity contribution in [2.45, 2.75) is 43.4 Å². The fourth-order valence-electron chi connectivity index (χ4n) is 2.12. The summed E-state index contributed by atoms with van der Waals surface area (Å²) < 4.78 is 22.9. The van der Waals surface area contributed by atoms with Gasteiger partial charge in [0.05, 0.1) is 5.25 Å².